The topological polar surface area (TPSA) is 106 Å². The summed E-state index contributed by atoms with van der Waals surface area (Å²) >= 11 is 0. The number of nitrogens with one attached hydrogen (secondary N) is 2. The highest BCUT2D eigenvalue weighted by atomic mass is 19.1. The third-order valence-electron chi connectivity index (χ3n) is 6.85. The summed E-state index contributed by atoms with van der Waals surface area (Å²) in [7, 11) is 0. The van der Waals surface area contributed by atoms with Gasteiger partial charge in [-0.2, -0.15) is 0 Å². The SMILES string of the molecule is CC(C)Cn1c(=O)[nH]c(=O)c2c(C(=O)NCC3(c4ccc(F)cc4)CCOCC3)cc(C(C)C)nc21. The van der Waals surface area contributed by atoms with Crippen molar-refractivity contribution in [3.8, 4) is 0 Å². The maximum atomic E-state index is 13.6. The summed E-state index contributed by atoms with van der Waals surface area (Å²) in [6.45, 7) is 9.53. The van der Waals surface area contributed by atoms with Crippen molar-refractivity contribution in [3.05, 3.63) is 73.8 Å². The Morgan fingerprint density at radius 1 is 1.17 bits per heavy atom. The number of rotatable bonds is 7. The summed E-state index contributed by atoms with van der Waals surface area (Å²) in [5.41, 5.74) is 0.350. The molecule has 36 heavy (non-hydrogen) atoms. The second-order valence-electron chi connectivity index (χ2n) is 10.3. The summed E-state index contributed by atoms with van der Waals surface area (Å²) in [4.78, 5) is 46.1. The van der Waals surface area contributed by atoms with Gasteiger partial charge in [-0.15, -0.1) is 0 Å². The smallest absolute Gasteiger partial charge is 0.330 e. The lowest BCUT2D eigenvalue weighted by Crippen LogP contribution is -2.45. The Kier molecular flexibility index (Phi) is 7.40. The number of amides is 1. The van der Waals surface area contributed by atoms with Gasteiger partial charge in [0.25, 0.3) is 11.5 Å². The van der Waals surface area contributed by atoms with E-state index in [9.17, 15) is 18.8 Å². The predicted octanol–water partition coefficient (Wildman–Crippen LogP) is 3.48. The first-order valence-electron chi connectivity index (χ1n) is 12.4. The Morgan fingerprint density at radius 3 is 2.44 bits per heavy atom. The molecule has 9 heteroatoms. The van der Waals surface area contributed by atoms with Gasteiger partial charge in [-0.3, -0.25) is 19.1 Å². The molecule has 3 aromatic rings. The van der Waals surface area contributed by atoms with E-state index in [4.69, 9.17) is 4.74 Å². The number of carbonyl (C=O) groups excluding carboxylic acids is 1. The number of aromatic nitrogens is 3. The minimum Gasteiger partial charge on any atom is -0.381 e. The summed E-state index contributed by atoms with van der Waals surface area (Å²) in [6.07, 6.45) is 1.34. The maximum absolute atomic E-state index is 13.6. The van der Waals surface area contributed by atoms with Crippen LogP contribution in [0, 0.1) is 11.7 Å². The van der Waals surface area contributed by atoms with Crippen molar-refractivity contribution >= 4 is 16.9 Å². The average molecular weight is 497 g/mol. The van der Waals surface area contributed by atoms with Crippen LogP contribution in [0.4, 0.5) is 4.39 Å². The molecule has 1 fully saturated rings. The first kappa shape index (κ1) is 25.8. The molecular formula is C27H33FN4O4. The maximum Gasteiger partial charge on any atom is 0.330 e. The van der Waals surface area contributed by atoms with E-state index in [1.165, 1.54) is 16.7 Å². The molecule has 0 unspecified atom stereocenters. The first-order chi connectivity index (χ1) is 17.1. The van der Waals surface area contributed by atoms with Crippen LogP contribution >= 0.6 is 0 Å². The highest BCUT2D eigenvalue weighted by Gasteiger charge is 2.35. The van der Waals surface area contributed by atoms with Crippen molar-refractivity contribution in [3.63, 3.8) is 0 Å². The van der Waals surface area contributed by atoms with Crippen LogP contribution in [0.25, 0.3) is 11.0 Å². The lowest BCUT2D eigenvalue weighted by atomic mass is 9.74. The van der Waals surface area contributed by atoms with Crippen LogP contribution in [0.1, 0.15) is 68.1 Å². The number of carbonyl (C=O) groups is 1. The first-order valence-corrected chi connectivity index (χ1v) is 12.4. The van der Waals surface area contributed by atoms with E-state index in [0.717, 1.165) is 5.56 Å². The number of aromatic amines is 1. The Hall–Kier alpha value is -3.33. The minimum absolute atomic E-state index is 0.0242. The van der Waals surface area contributed by atoms with Gasteiger partial charge in [0, 0.05) is 37.4 Å². The largest absolute Gasteiger partial charge is 0.381 e. The molecule has 2 N–H and O–H groups in total. The number of pyridine rings is 1. The lowest BCUT2D eigenvalue weighted by molar-refractivity contribution is 0.0487. The van der Waals surface area contributed by atoms with E-state index in [0.29, 0.717) is 44.8 Å². The van der Waals surface area contributed by atoms with E-state index < -0.39 is 22.6 Å². The number of halogens is 1. The summed E-state index contributed by atoms with van der Waals surface area (Å²) in [5, 5.41) is 3.12. The average Bonchev–Trinajstić information content (AvgIpc) is 2.85. The Morgan fingerprint density at radius 2 is 1.83 bits per heavy atom. The molecule has 1 amide bonds. The Balaban J connectivity index is 1.77. The van der Waals surface area contributed by atoms with E-state index in [1.54, 1.807) is 18.2 Å². The highest BCUT2D eigenvalue weighted by Crippen LogP contribution is 2.34. The molecule has 0 atom stereocenters. The molecule has 1 aliphatic heterocycles. The minimum atomic E-state index is -0.637. The molecule has 1 aromatic carbocycles. The van der Waals surface area contributed by atoms with E-state index in [1.807, 2.05) is 27.7 Å². The van der Waals surface area contributed by atoms with Gasteiger partial charge in [-0.25, -0.2) is 14.2 Å². The quantitative estimate of drug-likeness (QED) is 0.521. The number of H-pyrrole nitrogens is 1. The van der Waals surface area contributed by atoms with Crippen molar-refractivity contribution in [2.24, 2.45) is 5.92 Å². The molecule has 2 aromatic heterocycles. The standard InChI is InChI=1S/C27H33FN4O4/c1-16(2)14-32-23-22(25(34)31-26(32)35)20(13-21(30-23)17(3)4)24(33)29-15-27(9-11-36-12-10-27)18-5-7-19(28)8-6-18/h5-8,13,16-17H,9-12,14-15H2,1-4H3,(H,29,33)(H,31,34,35). The molecule has 1 aliphatic rings. The third-order valence-corrected chi connectivity index (χ3v) is 6.85. The highest BCUT2D eigenvalue weighted by molar-refractivity contribution is 6.05. The fourth-order valence-corrected chi connectivity index (χ4v) is 4.78. The van der Waals surface area contributed by atoms with Crippen LogP contribution in [0.15, 0.2) is 39.9 Å². The number of benzene rings is 1. The van der Waals surface area contributed by atoms with Crippen LogP contribution < -0.4 is 16.6 Å². The van der Waals surface area contributed by atoms with Crippen LogP contribution in [-0.4, -0.2) is 40.2 Å². The Bertz CT molecular complexity index is 1370. The summed E-state index contributed by atoms with van der Waals surface area (Å²) in [6, 6.07) is 7.98. The summed E-state index contributed by atoms with van der Waals surface area (Å²) < 4.78 is 20.6. The van der Waals surface area contributed by atoms with Crippen LogP contribution in [-0.2, 0) is 16.7 Å². The van der Waals surface area contributed by atoms with E-state index in [-0.39, 0.29) is 34.2 Å². The monoisotopic (exact) mass is 496 g/mol. The lowest BCUT2D eigenvalue weighted by Gasteiger charge is -2.38. The molecule has 192 valence electrons. The molecule has 4 rings (SSSR count). The van der Waals surface area contributed by atoms with E-state index in [2.05, 4.69) is 15.3 Å². The molecule has 0 aliphatic carbocycles. The van der Waals surface area contributed by atoms with Gasteiger partial charge in [0.05, 0.1) is 10.9 Å². The molecule has 8 nitrogen and oxygen atoms in total. The zero-order chi connectivity index (χ0) is 26.0. The fourth-order valence-electron chi connectivity index (χ4n) is 4.78. The van der Waals surface area contributed by atoms with Gasteiger partial charge >= 0.3 is 5.69 Å². The second kappa shape index (κ2) is 10.3. The second-order valence-corrected chi connectivity index (χ2v) is 10.3. The van der Waals surface area contributed by atoms with Crippen molar-refractivity contribution in [2.45, 2.75) is 58.4 Å². The van der Waals surface area contributed by atoms with Gasteiger partial charge in [0.2, 0.25) is 0 Å². The number of fused-ring (bicyclic) bond motifs is 1. The fraction of sp³-hybridized carbons (Fsp3) is 0.481. The molecular weight excluding hydrogens is 463 g/mol. The Labute approximate surface area is 208 Å². The predicted molar refractivity (Wildman–Crippen MR) is 136 cm³/mol. The van der Waals surface area contributed by atoms with Gasteiger partial charge < -0.3 is 10.1 Å². The van der Waals surface area contributed by atoms with Gasteiger partial charge in [-0.1, -0.05) is 39.8 Å². The zero-order valence-electron chi connectivity index (χ0n) is 21.2. The van der Waals surface area contributed by atoms with Crippen LogP contribution in [0.2, 0.25) is 0 Å². The van der Waals surface area contributed by atoms with Crippen molar-refractivity contribution in [1.82, 2.24) is 19.9 Å². The van der Waals surface area contributed by atoms with Gasteiger partial charge in [0.15, 0.2) is 5.65 Å². The molecule has 0 radical (unpaired) electrons. The number of nitrogens with zero attached hydrogens (tertiary/aromatic N) is 2. The van der Waals surface area contributed by atoms with Gasteiger partial charge in [0.1, 0.15) is 5.82 Å². The molecule has 1 saturated heterocycles. The van der Waals surface area contributed by atoms with Crippen molar-refractivity contribution in [2.75, 3.05) is 19.8 Å². The normalized spacial score (nSPS) is 15.5. The molecule has 3 heterocycles. The third kappa shape index (κ3) is 5.11. The molecule has 0 bridgehead atoms. The number of hydrogen-bond donors (Lipinski definition) is 2. The number of hydrogen-bond acceptors (Lipinski definition) is 5. The van der Waals surface area contributed by atoms with Crippen molar-refractivity contribution < 1.29 is 13.9 Å². The van der Waals surface area contributed by atoms with Crippen molar-refractivity contribution in [1.29, 1.82) is 0 Å². The van der Waals surface area contributed by atoms with E-state index >= 15 is 0 Å². The number of ether oxygens (including phenoxy) is 1. The van der Waals surface area contributed by atoms with Crippen LogP contribution in [0.5, 0.6) is 0 Å². The van der Waals surface area contributed by atoms with Gasteiger partial charge in [-0.05, 0) is 48.4 Å². The molecule has 0 saturated carbocycles. The summed E-state index contributed by atoms with van der Waals surface area (Å²) in [5.74, 6) is -0.634. The van der Waals surface area contributed by atoms with Crippen LogP contribution in [0.3, 0.4) is 0 Å². The molecule has 0 spiro atoms. The zero-order valence-corrected chi connectivity index (χ0v) is 21.2.